The van der Waals surface area contributed by atoms with Crippen molar-refractivity contribution in [2.24, 2.45) is 0 Å². The number of alkyl halides is 1. The molecular formula is C14H11ClN2OS. The first kappa shape index (κ1) is 12.4. The van der Waals surface area contributed by atoms with E-state index in [0.29, 0.717) is 12.4 Å². The summed E-state index contributed by atoms with van der Waals surface area (Å²) in [5.41, 5.74) is 0.872. The van der Waals surface area contributed by atoms with E-state index < -0.39 is 0 Å². The lowest BCUT2D eigenvalue weighted by Crippen LogP contribution is -2.19. The number of hydrogen-bond acceptors (Lipinski definition) is 3. The van der Waals surface area contributed by atoms with Crippen LogP contribution in [0.3, 0.4) is 0 Å². The summed E-state index contributed by atoms with van der Waals surface area (Å²) in [6.07, 6.45) is 1.81. The minimum absolute atomic E-state index is 0.0146. The van der Waals surface area contributed by atoms with Gasteiger partial charge >= 0.3 is 0 Å². The molecule has 19 heavy (non-hydrogen) atoms. The van der Waals surface area contributed by atoms with Crippen molar-refractivity contribution in [3.8, 4) is 0 Å². The number of fused-ring (bicyclic) bond motifs is 1. The standard InChI is InChI=1S/C14H11ClN2OS/c15-7-11-9-19-13(16-11)8-17-6-5-10-3-1-2-4-12(10)14(17)18/h1-6,9H,7-8H2. The van der Waals surface area contributed by atoms with Crippen LogP contribution in [0.25, 0.3) is 10.8 Å². The molecule has 96 valence electrons. The zero-order chi connectivity index (χ0) is 13.2. The van der Waals surface area contributed by atoms with E-state index in [1.165, 1.54) is 11.3 Å². The molecule has 5 heteroatoms. The Morgan fingerprint density at radius 2 is 2.11 bits per heavy atom. The number of nitrogens with zero attached hydrogens (tertiary/aromatic N) is 2. The van der Waals surface area contributed by atoms with E-state index in [1.807, 2.05) is 41.9 Å². The highest BCUT2D eigenvalue weighted by atomic mass is 35.5. The summed E-state index contributed by atoms with van der Waals surface area (Å²) in [7, 11) is 0. The minimum Gasteiger partial charge on any atom is -0.308 e. The van der Waals surface area contributed by atoms with Crippen molar-refractivity contribution in [2.45, 2.75) is 12.4 Å². The topological polar surface area (TPSA) is 34.9 Å². The molecule has 0 spiro atoms. The van der Waals surface area contributed by atoms with E-state index >= 15 is 0 Å². The van der Waals surface area contributed by atoms with Crippen molar-refractivity contribution >= 4 is 33.7 Å². The van der Waals surface area contributed by atoms with Crippen LogP contribution in [0, 0.1) is 0 Å². The second kappa shape index (κ2) is 5.15. The van der Waals surface area contributed by atoms with Gasteiger partial charge in [0.05, 0.1) is 18.1 Å². The Morgan fingerprint density at radius 1 is 1.26 bits per heavy atom. The summed E-state index contributed by atoms with van der Waals surface area (Å²) < 4.78 is 1.68. The number of halogens is 1. The second-order valence-corrected chi connectivity index (χ2v) is 5.41. The van der Waals surface area contributed by atoms with Crippen molar-refractivity contribution in [2.75, 3.05) is 0 Å². The Kier molecular flexibility index (Phi) is 3.36. The van der Waals surface area contributed by atoms with Gasteiger partial charge in [-0.05, 0) is 17.5 Å². The summed E-state index contributed by atoms with van der Waals surface area (Å²) >= 11 is 7.26. The van der Waals surface area contributed by atoms with E-state index in [4.69, 9.17) is 11.6 Å². The number of benzene rings is 1. The Morgan fingerprint density at radius 3 is 2.89 bits per heavy atom. The Hall–Kier alpha value is -1.65. The number of pyridine rings is 1. The second-order valence-electron chi connectivity index (χ2n) is 4.20. The van der Waals surface area contributed by atoms with Gasteiger partial charge in [-0.25, -0.2) is 4.98 Å². The van der Waals surface area contributed by atoms with Gasteiger partial charge in [0, 0.05) is 17.0 Å². The molecule has 0 saturated carbocycles. The largest absolute Gasteiger partial charge is 0.308 e. The molecule has 0 amide bonds. The summed E-state index contributed by atoms with van der Waals surface area (Å²) in [4.78, 5) is 16.7. The van der Waals surface area contributed by atoms with Gasteiger partial charge in [-0.1, -0.05) is 18.2 Å². The van der Waals surface area contributed by atoms with Crippen molar-refractivity contribution < 1.29 is 0 Å². The highest BCUT2D eigenvalue weighted by Crippen LogP contribution is 2.13. The van der Waals surface area contributed by atoms with Crippen LogP contribution >= 0.6 is 22.9 Å². The molecule has 0 aliphatic heterocycles. The van der Waals surface area contributed by atoms with Gasteiger partial charge in [0.2, 0.25) is 0 Å². The van der Waals surface area contributed by atoms with Gasteiger partial charge in [-0.15, -0.1) is 22.9 Å². The van der Waals surface area contributed by atoms with Gasteiger partial charge in [-0.2, -0.15) is 0 Å². The molecule has 0 N–H and O–H groups in total. The molecule has 2 aromatic heterocycles. The predicted molar refractivity (Wildman–Crippen MR) is 79.0 cm³/mol. The maximum Gasteiger partial charge on any atom is 0.258 e. The van der Waals surface area contributed by atoms with Crippen LogP contribution in [0.5, 0.6) is 0 Å². The van der Waals surface area contributed by atoms with Crippen LogP contribution in [0.1, 0.15) is 10.7 Å². The summed E-state index contributed by atoms with van der Waals surface area (Å²) in [6, 6.07) is 9.55. The molecule has 3 nitrogen and oxygen atoms in total. The lowest BCUT2D eigenvalue weighted by molar-refractivity contribution is 0.760. The lowest BCUT2D eigenvalue weighted by atomic mass is 10.2. The molecule has 0 aliphatic carbocycles. The maximum atomic E-state index is 12.3. The van der Waals surface area contributed by atoms with Crippen LogP contribution in [0.2, 0.25) is 0 Å². The molecule has 0 fully saturated rings. The third-order valence-corrected chi connectivity index (χ3v) is 4.08. The SMILES string of the molecule is O=c1c2ccccc2ccn1Cc1nc(CCl)cs1. The third kappa shape index (κ3) is 2.41. The quantitative estimate of drug-likeness (QED) is 0.694. The molecule has 0 saturated heterocycles. The molecule has 0 radical (unpaired) electrons. The number of aromatic nitrogens is 2. The van der Waals surface area contributed by atoms with Crippen molar-refractivity contribution in [1.82, 2.24) is 9.55 Å². The zero-order valence-electron chi connectivity index (χ0n) is 10.0. The number of hydrogen-bond donors (Lipinski definition) is 0. The minimum atomic E-state index is 0.0146. The zero-order valence-corrected chi connectivity index (χ0v) is 11.6. The third-order valence-electron chi connectivity index (χ3n) is 2.93. The van der Waals surface area contributed by atoms with Gasteiger partial charge in [0.15, 0.2) is 0 Å². The fourth-order valence-corrected chi connectivity index (χ4v) is 3.00. The Labute approximate surface area is 119 Å². The van der Waals surface area contributed by atoms with Gasteiger partial charge in [0.1, 0.15) is 5.01 Å². The highest BCUT2D eigenvalue weighted by molar-refractivity contribution is 7.09. The predicted octanol–water partition coefficient (Wildman–Crippen LogP) is 3.25. The normalized spacial score (nSPS) is 11.0. The van der Waals surface area contributed by atoms with Gasteiger partial charge in [-0.3, -0.25) is 4.79 Å². The highest BCUT2D eigenvalue weighted by Gasteiger charge is 2.05. The van der Waals surface area contributed by atoms with Gasteiger partial charge < -0.3 is 4.57 Å². The Bertz CT molecular complexity index is 778. The maximum absolute atomic E-state index is 12.3. The molecule has 0 aliphatic rings. The van der Waals surface area contributed by atoms with Gasteiger partial charge in [0.25, 0.3) is 5.56 Å². The Balaban J connectivity index is 2.01. The molecule has 3 rings (SSSR count). The van der Waals surface area contributed by atoms with Crippen LogP contribution < -0.4 is 5.56 Å². The number of rotatable bonds is 3. The lowest BCUT2D eigenvalue weighted by Gasteiger charge is -2.04. The first-order valence-corrected chi connectivity index (χ1v) is 7.27. The first-order chi connectivity index (χ1) is 9.28. The van der Waals surface area contributed by atoms with Crippen LogP contribution in [-0.2, 0) is 12.4 Å². The fraction of sp³-hybridized carbons (Fsp3) is 0.143. The van der Waals surface area contributed by atoms with Crippen molar-refractivity contribution in [1.29, 1.82) is 0 Å². The van der Waals surface area contributed by atoms with Crippen molar-refractivity contribution in [3.63, 3.8) is 0 Å². The molecular weight excluding hydrogens is 280 g/mol. The smallest absolute Gasteiger partial charge is 0.258 e. The summed E-state index contributed by atoms with van der Waals surface area (Å²) in [6.45, 7) is 0.491. The molecule has 2 heterocycles. The van der Waals surface area contributed by atoms with Crippen molar-refractivity contribution in [3.05, 3.63) is 63.0 Å². The molecule has 0 unspecified atom stereocenters. The van der Waals surface area contributed by atoms with Crippen LogP contribution in [0.4, 0.5) is 0 Å². The van der Waals surface area contributed by atoms with Crippen LogP contribution in [0.15, 0.2) is 46.7 Å². The van der Waals surface area contributed by atoms with Crippen LogP contribution in [-0.4, -0.2) is 9.55 Å². The van der Waals surface area contributed by atoms with E-state index in [-0.39, 0.29) is 5.56 Å². The molecule has 0 bridgehead atoms. The molecule has 3 aromatic rings. The number of thiazole rings is 1. The summed E-state index contributed by atoms with van der Waals surface area (Å²) in [5, 5.41) is 4.52. The first-order valence-electron chi connectivity index (χ1n) is 5.85. The van der Waals surface area contributed by atoms with E-state index in [0.717, 1.165) is 21.5 Å². The van der Waals surface area contributed by atoms with E-state index in [1.54, 1.807) is 4.57 Å². The monoisotopic (exact) mass is 290 g/mol. The summed E-state index contributed by atoms with van der Waals surface area (Å²) in [5.74, 6) is 0.406. The fourth-order valence-electron chi connectivity index (χ4n) is 1.98. The van der Waals surface area contributed by atoms with E-state index in [9.17, 15) is 4.79 Å². The molecule has 1 aromatic carbocycles. The average molecular weight is 291 g/mol. The average Bonchev–Trinajstić information content (AvgIpc) is 2.90. The molecule has 0 atom stereocenters. The van der Waals surface area contributed by atoms with E-state index in [2.05, 4.69) is 4.98 Å².